The van der Waals surface area contributed by atoms with Gasteiger partial charge in [0, 0.05) is 12.7 Å². The van der Waals surface area contributed by atoms with Crippen molar-refractivity contribution in [1.29, 1.82) is 0 Å². The average molecular weight is 379 g/mol. The zero-order chi connectivity index (χ0) is 20.1. The van der Waals surface area contributed by atoms with E-state index < -0.39 is 5.97 Å². The van der Waals surface area contributed by atoms with Crippen LogP contribution in [0.15, 0.2) is 54.7 Å². The van der Waals surface area contributed by atoms with Gasteiger partial charge in [-0.15, -0.1) is 0 Å². The van der Waals surface area contributed by atoms with E-state index in [2.05, 4.69) is 15.2 Å². The maximum absolute atomic E-state index is 12.4. The Labute approximate surface area is 162 Å². The summed E-state index contributed by atoms with van der Waals surface area (Å²) in [5.41, 5.74) is 3.45. The molecule has 0 unspecified atom stereocenters. The Morgan fingerprint density at radius 3 is 2.50 bits per heavy atom. The predicted molar refractivity (Wildman–Crippen MR) is 104 cm³/mol. The molecule has 0 aliphatic rings. The highest BCUT2D eigenvalue weighted by Crippen LogP contribution is 2.23. The molecule has 3 rings (SSSR count). The summed E-state index contributed by atoms with van der Waals surface area (Å²) in [5, 5.41) is 7.17. The van der Waals surface area contributed by atoms with E-state index in [-0.39, 0.29) is 5.91 Å². The summed E-state index contributed by atoms with van der Waals surface area (Å²) >= 11 is 0. The maximum Gasteiger partial charge on any atom is 0.337 e. The molecule has 0 aliphatic heterocycles. The standard InChI is InChI=1S/C21H21N3O4/c1-14-4-9-19(27-2)18(12-14)24-11-10-17(23-24)20(25)22-13-15-5-7-16(8-6-15)21(26)28-3/h4-12H,13H2,1-3H3,(H,22,25). The number of hydrogen-bond donors (Lipinski definition) is 1. The van der Waals surface area contributed by atoms with Crippen LogP contribution < -0.4 is 10.1 Å². The second-order valence-corrected chi connectivity index (χ2v) is 6.19. The lowest BCUT2D eigenvalue weighted by molar-refractivity contribution is 0.0600. The summed E-state index contributed by atoms with van der Waals surface area (Å²) in [6.45, 7) is 2.30. The number of methoxy groups -OCH3 is 2. The molecule has 7 nitrogen and oxygen atoms in total. The molecule has 0 saturated heterocycles. The summed E-state index contributed by atoms with van der Waals surface area (Å²) in [7, 11) is 2.93. The SMILES string of the molecule is COC(=O)c1ccc(CNC(=O)c2ccn(-c3cc(C)ccc3OC)n2)cc1. The zero-order valence-corrected chi connectivity index (χ0v) is 15.9. The summed E-state index contributed by atoms with van der Waals surface area (Å²) in [5.74, 6) is -0.0125. The van der Waals surface area contributed by atoms with Crippen molar-refractivity contribution in [1.82, 2.24) is 15.1 Å². The van der Waals surface area contributed by atoms with Gasteiger partial charge in [0.1, 0.15) is 11.4 Å². The Morgan fingerprint density at radius 1 is 1.07 bits per heavy atom. The van der Waals surface area contributed by atoms with Crippen molar-refractivity contribution < 1.29 is 19.1 Å². The fraction of sp³-hybridized carbons (Fsp3) is 0.190. The first-order chi connectivity index (χ1) is 13.5. The van der Waals surface area contributed by atoms with Crippen molar-refractivity contribution >= 4 is 11.9 Å². The quantitative estimate of drug-likeness (QED) is 0.666. The fourth-order valence-corrected chi connectivity index (χ4v) is 2.71. The van der Waals surface area contributed by atoms with E-state index in [9.17, 15) is 9.59 Å². The molecule has 144 valence electrons. The minimum atomic E-state index is -0.396. The number of ether oxygens (including phenoxy) is 2. The molecule has 1 N–H and O–H groups in total. The van der Waals surface area contributed by atoms with Crippen molar-refractivity contribution in [2.24, 2.45) is 0 Å². The van der Waals surface area contributed by atoms with Crippen LogP contribution in [0.1, 0.15) is 32.0 Å². The molecule has 3 aromatic rings. The molecule has 1 aromatic heterocycles. The first-order valence-corrected chi connectivity index (χ1v) is 8.68. The summed E-state index contributed by atoms with van der Waals surface area (Å²) in [6, 6.07) is 14.3. The van der Waals surface area contributed by atoms with Gasteiger partial charge in [0.25, 0.3) is 5.91 Å². The lowest BCUT2D eigenvalue weighted by Gasteiger charge is -2.09. The van der Waals surface area contributed by atoms with Gasteiger partial charge in [0.2, 0.25) is 0 Å². The number of nitrogens with one attached hydrogen (secondary N) is 1. The van der Waals surface area contributed by atoms with Crippen LogP contribution in [-0.2, 0) is 11.3 Å². The third kappa shape index (κ3) is 4.20. The Balaban J connectivity index is 1.68. The molecule has 0 radical (unpaired) electrons. The number of esters is 1. The second-order valence-electron chi connectivity index (χ2n) is 6.19. The Hall–Kier alpha value is -3.61. The van der Waals surface area contributed by atoms with Gasteiger partial charge in [-0.1, -0.05) is 18.2 Å². The van der Waals surface area contributed by atoms with Gasteiger partial charge in [-0.25, -0.2) is 9.48 Å². The Morgan fingerprint density at radius 2 is 1.82 bits per heavy atom. The van der Waals surface area contributed by atoms with E-state index in [0.29, 0.717) is 23.6 Å². The van der Waals surface area contributed by atoms with Gasteiger partial charge in [-0.05, 0) is 48.4 Å². The summed E-state index contributed by atoms with van der Waals surface area (Å²) in [4.78, 5) is 23.9. The minimum absolute atomic E-state index is 0.289. The molecule has 0 bridgehead atoms. The molecular weight excluding hydrogens is 358 g/mol. The zero-order valence-electron chi connectivity index (χ0n) is 15.9. The number of benzene rings is 2. The number of hydrogen-bond acceptors (Lipinski definition) is 5. The molecule has 0 saturated carbocycles. The highest BCUT2D eigenvalue weighted by atomic mass is 16.5. The summed E-state index contributed by atoms with van der Waals surface area (Å²) in [6.07, 6.45) is 1.72. The number of amides is 1. The van der Waals surface area contributed by atoms with E-state index in [1.54, 1.807) is 48.3 Å². The molecule has 1 amide bonds. The lowest BCUT2D eigenvalue weighted by atomic mass is 10.1. The van der Waals surface area contributed by atoms with Crippen LogP contribution in [0.25, 0.3) is 5.69 Å². The molecule has 7 heteroatoms. The molecular formula is C21H21N3O4. The van der Waals surface area contributed by atoms with Crippen molar-refractivity contribution in [2.75, 3.05) is 14.2 Å². The first kappa shape index (κ1) is 19.2. The fourth-order valence-electron chi connectivity index (χ4n) is 2.71. The summed E-state index contributed by atoms with van der Waals surface area (Å²) < 4.78 is 11.7. The van der Waals surface area contributed by atoms with Crippen LogP contribution >= 0.6 is 0 Å². The first-order valence-electron chi connectivity index (χ1n) is 8.68. The molecule has 0 spiro atoms. The van der Waals surface area contributed by atoms with E-state index >= 15 is 0 Å². The highest BCUT2D eigenvalue weighted by Gasteiger charge is 2.13. The Kier molecular flexibility index (Phi) is 5.74. The van der Waals surface area contributed by atoms with Crippen LogP contribution in [0.4, 0.5) is 0 Å². The van der Waals surface area contributed by atoms with Crippen LogP contribution in [0.2, 0.25) is 0 Å². The number of carbonyl (C=O) groups excluding carboxylic acids is 2. The van der Waals surface area contributed by atoms with Crippen LogP contribution in [-0.4, -0.2) is 35.9 Å². The second kappa shape index (κ2) is 8.39. The average Bonchev–Trinajstić information content (AvgIpc) is 3.22. The van der Waals surface area contributed by atoms with E-state index in [1.807, 2.05) is 25.1 Å². The van der Waals surface area contributed by atoms with Gasteiger partial charge in [0.05, 0.1) is 19.8 Å². The van der Waals surface area contributed by atoms with E-state index in [4.69, 9.17) is 4.74 Å². The largest absolute Gasteiger partial charge is 0.494 e. The third-order valence-corrected chi connectivity index (χ3v) is 4.23. The van der Waals surface area contributed by atoms with E-state index in [1.165, 1.54) is 7.11 Å². The predicted octanol–water partition coefficient (Wildman–Crippen LogP) is 2.91. The minimum Gasteiger partial charge on any atom is -0.494 e. The monoisotopic (exact) mass is 379 g/mol. The number of carbonyl (C=O) groups is 2. The third-order valence-electron chi connectivity index (χ3n) is 4.23. The van der Waals surface area contributed by atoms with Gasteiger partial charge in [-0.2, -0.15) is 5.10 Å². The molecule has 0 atom stereocenters. The topological polar surface area (TPSA) is 82.5 Å². The molecule has 2 aromatic carbocycles. The smallest absolute Gasteiger partial charge is 0.337 e. The van der Waals surface area contributed by atoms with Crippen molar-refractivity contribution in [2.45, 2.75) is 13.5 Å². The molecule has 1 heterocycles. The van der Waals surface area contributed by atoms with Crippen LogP contribution in [0.3, 0.4) is 0 Å². The van der Waals surface area contributed by atoms with Crippen molar-refractivity contribution in [3.8, 4) is 11.4 Å². The van der Waals surface area contributed by atoms with Gasteiger partial charge < -0.3 is 14.8 Å². The van der Waals surface area contributed by atoms with Gasteiger partial charge in [0.15, 0.2) is 5.69 Å². The highest BCUT2D eigenvalue weighted by molar-refractivity contribution is 5.92. The number of nitrogens with zero attached hydrogens (tertiary/aromatic N) is 2. The van der Waals surface area contributed by atoms with Crippen molar-refractivity contribution in [3.63, 3.8) is 0 Å². The van der Waals surface area contributed by atoms with Gasteiger partial charge >= 0.3 is 5.97 Å². The van der Waals surface area contributed by atoms with Crippen LogP contribution in [0.5, 0.6) is 5.75 Å². The molecule has 0 aliphatic carbocycles. The Bertz CT molecular complexity index is 993. The lowest BCUT2D eigenvalue weighted by Crippen LogP contribution is -2.23. The normalized spacial score (nSPS) is 10.4. The number of aryl methyl sites for hydroxylation is 1. The molecule has 28 heavy (non-hydrogen) atoms. The van der Waals surface area contributed by atoms with Gasteiger partial charge in [-0.3, -0.25) is 4.79 Å². The molecule has 0 fully saturated rings. The van der Waals surface area contributed by atoms with Crippen molar-refractivity contribution in [3.05, 3.63) is 77.1 Å². The van der Waals surface area contributed by atoms with E-state index in [0.717, 1.165) is 16.8 Å². The maximum atomic E-state index is 12.4. The van der Waals surface area contributed by atoms with Crippen LogP contribution in [0, 0.1) is 6.92 Å². The number of rotatable bonds is 6. The number of aromatic nitrogens is 2.